The van der Waals surface area contributed by atoms with E-state index in [4.69, 9.17) is 9.47 Å². The molecule has 1 fully saturated rings. The summed E-state index contributed by atoms with van der Waals surface area (Å²) in [5.41, 5.74) is 1.10. The van der Waals surface area contributed by atoms with Crippen LogP contribution < -0.4 is 9.47 Å². The van der Waals surface area contributed by atoms with Crippen LogP contribution in [0.25, 0.3) is 0 Å². The number of thioether (sulfide) groups is 1. The molecule has 2 heterocycles. The highest BCUT2D eigenvalue weighted by atomic mass is 32.2. The molecular formula is C31H41NO4S. The number of phenols is 2. The van der Waals surface area contributed by atoms with Crippen molar-refractivity contribution in [2.75, 3.05) is 26.3 Å². The van der Waals surface area contributed by atoms with E-state index in [9.17, 15) is 10.2 Å². The fourth-order valence-corrected chi connectivity index (χ4v) is 5.81. The van der Waals surface area contributed by atoms with Gasteiger partial charge in [0.2, 0.25) is 0 Å². The summed E-state index contributed by atoms with van der Waals surface area (Å²) in [6, 6.07) is 23.1. The minimum absolute atomic E-state index is 0.180. The first kappa shape index (κ1) is 28.7. The number of benzene rings is 3. The lowest BCUT2D eigenvalue weighted by molar-refractivity contribution is 0.190. The molecule has 2 aliphatic heterocycles. The van der Waals surface area contributed by atoms with Gasteiger partial charge in [0.05, 0.1) is 10.1 Å². The molecule has 1 saturated heterocycles. The maximum Gasteiger partial charge on any atom is 0.133 e. The zero-order valence-corrected chi connectivity index (χ0v) is 23.3. The Hall–Kier alpha value is -2.83. The van der Waals surface area contributed by atoms with E-state index in [0.717, 1.165) is 47.1 Å². The second-order valence-electron chi connectivity index (χ2n) is 9.04. The average Bonchev–Trinajstić information content (AvgIpc) is 3.30. The summed E-state index contributed by atoms with van der Waals surface area (Å²) in [4.78, 5) is 3.50. The molecule has 0 saturated carbocycles. The maximum atomic E-state index is 9.48. The van der Waals surface area contributed by atoms with Gasteiger partial charge in [-0.1, -0.05) is 57.5 Å². The van der Waals surface area contributed by atoms with Crippen LogP contribution in [0, 0.1) is 5.92 Å². The summed E-state index contributed by atoms with van der Waals surface area (Å²) >= 11 is 1.66. The summed E-state index contributed by atoms with van der Waals surface area (Å²) in [6.07, 6.45) is 2.65. The molecule has 0 aliphatic carbocycles. The van der Waals surface area contributed by atoms with Crippen molar-refractivity contribution in [2.45, 2.75) is 56.7 Å². The van der Waals surface area contributed by atoms with Crippen LogP contribution >= 0.6 is 11.8 Å². The van der Waals surface area contributed by atoms with E-state index in [1.807, 2.05) is 56.3 Å². The van der Waals surface area contributed by atoms with Gasteiger partial charge in [-0.2, -0.15) is 0 Å². The topological polar surface area (TPSA) is 62.2 Å². The number of rotatable bonds is 6. The molecular weight excluding hydrogens is 482 g/mol. The van der Waals surface area contributed by atoms with Gasteiger partial charge in [0.25, 0.3) is 0 Å². The third kappa shape index (κ3) is 8.34. The Kier molecular flexibility index (Phi) is 11.5. The Balaban J connectivity index is 0.000000193. The molecule has 2 N–H and O–H groups in total. The SMILES string of the molecule is CC.CC[C@@H]1CCN(CCOc2ccccc2)[C@@H]1C.Oc1ccc([C@@H]2COc3ccc(O)cc3S2)cc1. The molecule has 6 heteroatoms. The molecule has 3 aromatic carbocycles. The van der Waals surface area contributed by atoms with Gasteiger partial charge in [-0.15, -0.1) is 11.8 Å². The van der Waals surface area contributed by atoms with E-state index < -0.39 is 0 Å². The normalized spacial score (nSPS) is 20.4. The van der Waals surface area contributed by atoms with Gasteiger partial charge in [0.1, 0.15) is 36.2 Å². The van der Waals surface area contributed by atoms with Crippen LogP contribution in [-0.2, 0) is 0 Å². The largest absolute Gasteiger partial charge is 0.508 e. The Morgan fingerprint density at radius 2 is 1.68 bits per heavy atom. The molecule has 5 nitrogen and oxygen atoms in total. The van der Waals surface area contributed by atoms with Crippen LogP contribution in [0.1, 0.15) is 51.3 Å². The number of hydrogen-bond donors (Lipinski definition) is 2. The number of fused-ring (bicyclic) bond motifs is 1. The molecule has 0 radical (unpaired) electrons. The molecule has 0 unspecified atom stereocenters. The molecule has 2 aliphatic rings. The summed E-state index contributed by atoms with van der Waals surface area (Å²) in [5.74, 6) is 3.18. The molecule has 200 valence electrons. The lowest BCUT2D eigenvalue weighted by atomic mass is 9.99. The Labute approximate surface area is 226 Å². The lowest BCUT2D eigenvalue weighted by Crippen LogP contribution is -2.33. The molecule has 0 aromatic heterocycles. The minimum Gasteiger partial charge on any atom is -0.508 e. The van der Waals surface area contributed by atoms with E-state index in [1.165, 1.54) is 19.4 Å². The summed E-state index contributed by atoms with van der Waals surface area (Å²) < 4.78 is 11.4. The van der Waals surface area contributed by atoms with E-state index in [-0.39, 0.29) is 16.7 Å². The van der Waals surface area contributed by atoms with Crippen LogP contribution in [0.4, 0.5) is 0 Å². The van der Waals surface area contributed by atoms with E-state index in [2.05, 4.69) is 18.7 Å². The molecule has 3 aromatic rings. The van der Waals surface area contributed by atoms with Crippen molar-refractivity contribution in [3.8, 4) is 23.0 Å². The first-order valence-corrected chi connectivity index (χ1v) is 14.2. The number of aromatic hydroxyl groups is 2. The predicted octanol–water partition coefficient (Wildman–Crippen LogP) is 7.54. The fraction of sp³-hybridized carbons (Fsp3) is 0.419. The Bertz CT molecular complexity index is 1060. The second-order valence-corrected chi connectivity index (χ2v) is 10.3. The van der Waals surface area contributed by atoms with Crippen molar-refractivity contribution in [2.24, 2.45) is 5.92 Å². The van der Waals surface area contributed by atoms with E-state index >= 15 is 0 Å². The Morgan fingerprint density at radius 1 is 0.973 bits per heavy atom. The zero-order valence-electron chi connectivity index (χ0n) is 22.5. The van der Waals surface area contributed by atoms with Crippen LogP contribution in [0.3, 0.4) is 0 Å². The van der Waals surface area contributed by atoms with Crippen molar-refractivity contribution >= 4 is 11.8 Å². The highest BCUT2D eigenvalue weighted by Crippen LogP contribution is 2.45. The molecule has 0 spiro atoms. The van der Waals surface area contributed by atoms with Crippen LogP contribution in [-0.4, -0.2) is 47.5 Å². The summed E-state index contributed by atoms with van der Waals surface area (Å²) in [7, 11) is 0. The molecule has 0 amide bonds. The van der Waals surface area contributed by atoms with E-state index in [1.54, 1.807) is 42.1 Å². The number of nitrogens with zero attached hydrogens (tertiary/aromatic N) is 1. The number of hydrogen-bond acceptors (Lipinski definition) is 6. The third-order valence-electron chi connectivity index (χ3n) is 6.81. The van der Waals surface area contributed by atoms with Gasteiger partial charge in [-0.05, 0) is 73.8 Å². The van der Waals surface area contributed by atoms with Crippen molar-refractivity contribution in [3.05, 3.63) is 78.4 Å². The third-order valence-corrected chi connectivity index (χ3v) is 8.08. The Morgan fingerprint density at radius 3 is 2.35 bits per heavy atom. The summed E-state index contributed by atoms with van der Waals surface area (Å²) in [6.45, 7) is 12.3. The van der Waals surface area contributed by atoms with Crippen LogP contribution in [0.2, 0.25) is 0 Å². The van der Waals surface area contributed by atoms with Gasteiger partial charge in [-0.3, -0.25) is 4.90 Å². The molecule has 5 rings (SSSR count). The molecule has 37 heavy (non-hydrogen) atoms. The highest BCUT2D eigenvalue weighted by molar-refractivity contribution is 7.99. The van der Waals surface area contributed by atoms with Crippen LogP contribution in [0.5, 0.6) is 23.0 Å². The number of likely N-dealkylation sites (tertiary alicyclic amines) is 1. The summed E-state index contributed by atoms with van der Waals surface area (Å²) in [5, 5.41) is 18.9. The van der Waals surface area contributed by atoms with Gasteiger partial charge in [0, 0.05) is 12.6 Å². The second kappa shape index (κ2) is 14.8. The lowest BCUT2D eigenvalue weighted by Gasteiger charge is -2.25. The first-order chi connectivity index (χ1) is 18.0. The van der Waals surface area contributed by atoms with Gasteiger partial charge in [-0.25, -0.2) is 0 Å². The van der Waals surface area contributed by atoms with E-state index in [0.29, 0.717) is 6.61 Å². The monoisotopic (exact) mass is 523 g/mol. The fourth-order valence-electron chi connectivity index (χ4n) is 4.65. The number of para-hydroxylation sites is 1. The van der Waals surface area contributed by atoms with Gasteiger partial charge >= 0.3 is 0 Å². The average molecular weight is 524 g/mol. The van der Waals surface area contributed by atoms with Crippen molar-refractivity contribution in [1.82, 2.24) is 4.90 Å². The quantitative estimate of drug-likeness (QED) is 0.348. The molecule has 3 atom stereocenters. The maximum absolute atomic E-state index is 9.48. The first-order valence-electron chi connectivity index (χ1n) is 13.4. The van der Waals surface area contributed by atoms with Crippen LogP contribution in [0.15, 0.2) is 77.7 Å². The van der Waals surface area contributed by atoms with Crippen molar-refractivity contribution in [1.29, 1.82) is 0 Å². The number of ether oxygens (including phenoxy) is 2. The standard InChI is InChI=1S/C15H23NO.C14H12O3S.C2H6/c1-3-14-9-10-16(13(14)2)11-12-17-15-7-5-4-6-8-15;15-10-3-1-9(2-4-10)14-8-17-12-6-5-11(16)7-13(12)18-14;1-2/h4-8,13-14H,3,9-12H2,1-2H3;1-7,14-16H,8H2;1-2H3/t13-,14-;14-;/m10./s1. The minimum atomic E-state index is 0.180. The molecule has 0 bridgehead atoms. The van der Waals surface area contributed by atoms with Gasteiger partial charge < -0.3 is 19.7 Å². The predicted molar refractivity (Wildman–Crippen MR) is 153 cm³/mol. The van der Waals surface area contributed by atoms with Crippen molar-refractivity contribution in [3.63, 3.8) is 0 Å². The van der Waals surface area contributed by atoms with Gasteiger partial charge in [0.15, 0.2) is 0 Å². The number of phenolic OH excluding ortho intramolecular Hbond substituents is 2. The zero-order chi connectivity index (χ0) is 26.6. The highest BCUT2D eigenvalue weighted by Gasteiger charge is 2.28. The smallest absolute Gasteiger partial charge is 0.133 e. The van der Waals surface area contributed by atoms with Crippen molar-refractivity contribution < 1.29 is 19.7 Å².